The molecule has 0 saturated carbocycles. The molecular weight excluding hydrogens is 541 g/mol. The average molecular weight is 565 g/mol. The van der Waals surface area contributed by atoms with Crippen LogP contribution in [0.5, 0.6) is 0 Å². The fourth-order valence-electron chi connectivity index (χ4n) is 4.89. The van der Waals surface area contributed by atoms with Crippen LogP contribution in [0.3, 0.4) is 0 Å². The van der Waals surface area contributed by atoms with Crippen LogP contribution in [0.2, 0.25) is 0 Å². The quantitative estimate of drug-likeness (QED) is 0.129. The average Bonchev–Trinajstić information content (AvgIpc) is 3.58. The Morgan fingerprint density at radius 3 is 2.23 bits per heavy atom. The highest BCUT2D eigenvalue weighted by atomic mass is 32.2. The molecule has 0 radical (unpaired) electrons. The normalized spacial score (nSPS) is 16.6. The molecular formula is C30H24N6O2S2. The molecule has 4 heterocycles. The van der Waals surface area contributed by atoms with Crippen LogP contribution in [0.25, 0.3) is 0 Å². The summed E-state index contributed by atoms with van der Waals surface area (Å²) in [5, 5.41) is 15.1. The summed E-state index contributed by atoms with van der Waals surface area (Å²) in [6.45, 7) is 0.639. The standard InChI is InChI=1S/C30H24N6O2S2/c37-36(38)23-11-15-25(16-12-23)40-24-13-9-22(10-14-24)35-29(28(33-30(35)39)26-7-2-4-18-32-26)27-8-5-19-34(27)20-21-6-1-3-17-31-21/h1-19,28-29H,20H2,(H,33,39). The summed E-state index contributed by atoms with van der Waals surface area (Å²) >= 11 is 7.45. The highest BCUT2D eigenvalue weighted by Gasteiger charge is 2.42. The number of thiocarbonyl (C=S) groups is 1. The predicted octanol–water partition coefficient (Wildman–Crippen LogP) is 6.56. The first-order valence-corrected chi connectivity index (χ1v) is 13.9. The molecule has 0 spiro atoms. The molecule has 3 aromatic heterocycles. The van der Waals surface area contributed by atoms with Crippen LogP contribution in [0.4, 0.5) is 11.4 Å². The van der Waals surface area contributed by atoms with E-state index in [1.54, 1.807) is 30.1 Å². The first-order chi connectivity index (χ1) is 19.6. The molecule has 6 rings (SSSR count). The number of nitrogens with one attached hydrogen (secondary N) is 1. The molecule has 0 bridgehead atoms. The molecule has 1 aliphatic rings. The van der Waals surface area contributed by atoms with Gasteiger partial charge in [0.25, 0.3) is 5.69 Å². The Hall–Kier alpha value is -4.54. The molecule has 2 unspecified atom stereocenters. The molecule has 198 valence electrons. The lowest BCUT2D eigenvalue weighted by Gasteiger charge is -2.29. The van der Waals surface area contributed by atoms with Gasteiger partial charge in [-0.15, -0.1) is 0 Å². The molecule has 1 aliphatic heterocycles. The molecule has 8 nitrogen and oxygen atoms in total. The minimum Gasteiger partial charge on any atom is -0.351 e. The maximum atomic E-state index is 11.0. The van der Waals surface area contributed by atoms with E-state index in [2.05, 4.69) is 55.2 Å². The van der Waals surface area contributed by atoms with Gasteiger partial charge in [-0.25, -0.2) is 0 Å². The summed E-state index contributed by atoms with van der Waals surface area (Å²) in [6, 6.07) is 30.5. The lowest BCUT2D eigenvalue weighted by molar-refractivity contribution is -0.384. The van der Waals surface area contributed by atoms with Gasteiger partial charge in [-0.05, 0) is 85.0 Å². The van der Waals surface area contributed by atoms with Crippen LogP contribution in [0, 0.1) is 10.1 Å². The molecule has 5 aromatic rings. The summed E-state index contributed by atoms with van der Waals surface area (Å²) in [4.78, 5) is 23.9. The third-order valence-electron chi connectivity index (χ3n) is 6.72. The topological polar surface area (TPSA) is 89.1 Å². The Morgan fingerprint density at radius 2 is 1.57 bits per heavy atom. The van der Waals surface area contributed by atoms with E-state index in [4.69, 9.17) is 12.2 Å². The lowest BCUT2D eigenvalue weighted by Crippen LogP contribution is -2.30. The van der Waals surface area contributed by atoms with Gasteiger partial charge in [-0.3, -0.25) is 20.1 Å². The van der Waals surface area contributed by atoms with Crippen LogP contribution < -0.4 is 10.2 Å². The van der Waals surface area contributed by atoms with E-state index in [9.17, 15) is 10.1 Å². The summed E-state index contributed by atoms with van der Waals surface area (Å²) in [5.74, 6) is 0. The maximum Gasteiger partial charge on any atom is 0.269 e. The largest absolute Gasteiger partial charge is 0.351 e. The second kappa shape index (κ2) is 11.3. The van der Waals surface area contributed by atoms with Gasteiger partial charge in [0.15, 0.2) is 5.11 Å². The van der Waals surface area contributed by atoms with Gasteiger partial charge in [0.1, 0.15) is 6.04 Å². The van der Waals surface area contributed by atoms with Gasteiger partial charge in [-0.1, -0.05) is 23.9 Å². The van der Waals surface area contributed by atoms with E-state index in [1.165, 1.54) is 12.1 Å². The van der Waals surface area contributed by atoms with Crippen molar-refractivity contribution in [2.45, 2.75) is 28.4 Å². The number of nitrogens with zero attached hydrogens (tertiary/aromatic N) is 5. The third-order valence-corrected chi connectivity index (χ3v) is 8.05. The van der Waals surface area contributed by atoms with Crippen molar-refractivity contribution in [1.29, 1.82) is 0 Å². The number of rotatable bonds is 8. The lowest BCUT2D eigenvalue weighted by atomic mass is 10.0. The number of anilines is 1. The predicted molar refractivity (Wildman–Crippen MR) is 159 cm³/mol. The van der Waals surface area contributed by atoms with Gasteiger partial charge in [0, 0.05) is 51.9 Å². The van der Waals surface area contributed by atoms with E-state index in [1.807, 2.05) is 54.7 Å². The van der Waals surface area contributed by atoms with E-state index in [0.717, 1.165) is 32.6 Å². The number of nitro groups is 1. The summed E-state index contributed by atoms with van der Waals surface area (Å²) in [7, 11) is 0. The van der Waals surface area contributed by atoms with Crippen molar-refractivity contribution in [2.24, 2.45) is 0 Å². The van der Waals surface area contributed by atoms with Crippen molar-refractivity contribution in [1.82, 2.24) is 19.9 Å². The summed E-state index contributed by atoms with van der Waals surface area (Å²) in [6.07, 6.45) is 5.68. The molecule has 40 heavy (non-hydrogen) atoms. The van der Waals surface area contributed by atoms with E-state index in [0.29, 0.717) is 11.7 Å². The van der Waals surface area contributed by atoms with Gasteiger partial charge in [0.05, 0.1) is 28.9 Å². The zero-order valence-electron chi connectivity index (χ0n) is 21.2. The number of hydrogen-bond donors (Lipinski definition) is 1. The minimum absolute atomic E-state index is 0.0797. The number of non-ortho nitro benzene ring substituents is 1. The van der Waals surface area contributed by atoms with Crippen LogP contribution >= 0.6 is 24.0 Å². The SMILES string of the molecule is O=[N+]([O-])c1ccc(Sc2ccc(N3C(=S)NC(c4ccccn4)C3c3cccn3Cc3ccccn3)cc2)cc1. The molecule has 10 heteroatoms. The van der Waals surface area contributed by atoms with Crippen molar-refractivity contribution < 1.29 is 4.92 Å². The highest BCUT2D eigenvalue weighted by molar-refractivity contribution is 7.99. The smallest absolute Gasteiger partial charge is 0.269 e. The van der Waals surface area contributed by atoms with Gasteiger partial charge in [0.2, 0.25) is 0 Å². The molecule has 0 aliphatic carbocycles. The van der Waals surface area contributed by atoms with E-state index < -0.39 is 4.92 Å². The first kappa shape index (κ1) is 25.7. The Labute approximate surface area is 240 Å². The molecule has 2 aromatic carbocycles. The Bertz CT molecular complexity index is 1630. The third kappa shape index (κ3) is 5.31. The second-order valence-corrected chi connectivity index (χ2v) is 10.8. The number of hydrogen-bond acceptors (Lipinski definition) is 6. The number of pyridine rings is 2. The summed E-state index contributed by atoms with van der Waals surface area (Å²) < 4.78 is 2.21. The van der Waals surface area contributed by atoms with Gasteiger partial charge >= 0.3 is 0 Å². The molecule has 1 fully saturated rings. The van der Waals surface area contributed by atoms with Gasteiger partial charge in [-0.2, -0.15) is 0 Å². The van der Waals surface area contributed by atoms with Crippen LogP contribution in [-0.2, 0) is 6.54 Å². The fourth-order valence-corrected chi connectivity index (χ4v) is 6.05. The molecule has 1 N–H and O–H groups in total. The Balaban J connectivity index is 1.32. The van der Waals surface area contributed by atoms with Gasteiger partial charge < -0.3 is 14.8 Å². The van der Waals surface area contributed by atoms with E-state index in [-0.39, 0.29) is 17.8 Å². The van der Waals surface area contributed by atoms with E-state index >= 15 is 0 Å². The Kier molecular flexibility index (Phi) is 7.26. The number of nitro benzene ring substituents is 1. The monoisotopic (exact) mass is 564 g/mol. The maximum absolute atomic E-state index is 11.0. The highest BCUT2D eigenvalue weighted by Crippen LogP contribution is 2.42. The van der Waals surface area contributed by atoms with Crippen LogP contribution in [-0.4, -0.2) is 24.6 Å². The number of benzene rings is 2. The summed E-state index contributed by atoms with van der Waals surface area (Å²) in [5.41, 5.74) is 4.02. The van der Waals surface area contributed by atoms with Crippen molar-refractivity contribution in [3.8, 4) is 0 Å². The molecule has 0 amide bonds. The Morgan fingerprint density at radius 1 is 0.875 bits per heavy atom. The van der Waals surface area contributed by atoms with Crippen LogP contribution in [0.1, 0.15) is 29.2 Å². The van der Waals surface area contributed by atoms with Crippen molar-refractivity contribution in [2.75, 3.05) is 4.90 Å². The van der Waals surface area contributed by atoms with Crippen molar-refractivity contribution in [3.63, 3.8) is 0 Å². The fraction of sp³-hybridized carbons (Fsp3) is 0.100. The zero-order chi connectivity index (χ0) is 27.5. The van der Waals surface area contributed by atoms with Crippen molar-refractivity contribution >= 4 is 40.5 Å². The first-order valence-electron chi connectivity index (χ1n) is 12.6. The zero-order valence-corrected chi connectivity index (χ0v) is 22.8. The second-order valence-electron chi connectivity index (χ2n) is 9.23. The van der Waals surface area contributed by atoms with Crippen molar-refractivity contribution in [3.05, 3.63) is 143 Å². The van der Waals surface area contributed by atoms with Crippen LogP contribution in [0.15, 0.2) is 125 Å². The molecule has 1 saturated heterocycles. The molecule has 2 atom stereocenters. The number of aromatic nitrogens is 3. The minimum atomic E-state index is -0.391.